The van der Waals surface area contributed by atoms with E-state index in [2.05, 4.69) is 110 Å². The Balaban J connectivity index is 0.000000348. The monoisotopic (exact) mass is 909 g/mol. The van der Waals surface area contributed by atoms with E-state index in [-0.39, 0.29) is 20.1 Å². The van der Waals surface area contributed by atoms with E-state index in [1.54, 1.807) is 11.8 Å². The Bertz CT molecular complexity index is 2170. The van der Waals surface area contributed by atoms with Gasteiger partial charge >= 0.3 is 20.1 Å². The molecule has 7 aromatic rings. The molecule has 0 amide bonds. The topological polar surface area (TPSA) is 38.7 Å². The van der Waals surface area contributed by atoms with Crippen LogP contribution in [-0.2, 0) is 45.8 Å². The minimum atomic E-state index is 0. The van der Waals surface area contributed by atoms with Crippen LogP contribution in [0.15, 0.2) is 146 Å². The third kappa shape index (κ3) is 11.5. The average Bonchev–Trinajstić information content (AvgIpc) is 3.24. The van der Waals surface area contributed by atoms with Crippen molar-refractivity contribution in [3.05, 3.63) is 198 Å². The van der Waals surface area contributed by atoms with Gasteiger partial charge in [0.05, 0.1) is 0 Å². The predicted octanol–water partition coefficient (Wildman–Crippen LogP) is 12.5. The van der Waals surface area contributed by atoms with Crippen molar-refractivity contribution >= 4 is 0 Å². The summed E-state index contributed by atoms with van der Waals surface area (Å²) in [5.74, 6) is 0.671. The number of aryl methyl sites for hydroxylation is 5. The molecule has 3 heterocycles. The third-order valence-corrected chi connectivity index (χ3v) is 10.8. The number of rotatable bonds is 10. The molecular weight excluding hydrogens is 859 g/mol. The van der Waals surface area contributed by atoms with Crippen molar-refractivity contribution in [2.45, 2.75) is 78.1 Å². The second kappa shape index (κ2) is 19.7. The van der Waals surface area contributed by atoms with Crippen LogP contribution in [0, 0.1) is 30.5 Å². The van der Waals surface area contributed by atoms with Crippen LogP contribution in [0.3, 0.4) is 0 Å². The molecule has 1 saturated carbocycles. The molecule has 1 fully saturated rings. The maximum Gasteiger partial charge on any atom is 3.00 e. The summed E-state index contributed by atoms with van der Waals surface area (Å²) >= 11 is 0. The maximum atomic E-state index is 4.76. The van der Waals surface area contributed by atoms with Crippen LogP contribution in [0.1, 0.15) is 78.8 Å². The van der Waals surface area contributed by atoms with Gasteiger partial charge in [-0.3, -0.25) is 0 Å². The second-order valence-corrected chi connectivity index (χ2v) is 15.7. The summed E-state index contributed by atoms with van der Waals surface area (Å²) in [6, 6.07) is 54.2. The van der Waals surface area contributed by atoms with Crippen LogP contribution in [0.25, 0.3) is 33.8 Å². The van der Waals surface area contributed by atoms with E-state index >= 15 is 0 Å². The first-order valence-electron chi connectivity index (χ1n) is 19.7. The predicted molar refractivity (Wildman–Crippen MR) is 227 cm³/mol. The van der Waals surface area contributed by atoms with Gasteiger partial charge in [0, 0.05) is 18.6 Å². The van der Waals surface area contributed by atoms with E-state index in [0.29, 0.717) is 11.3 Å². The van der Waals surface area contributed by atoms with Crippen molar-refractivity contribution in [1.29, 1.82) is 0 Å². The Morgan fingerprint density at radius 1 is 0.554 bits per heavy atom. The van der Waals surface area contributed by atoms with Crippen molar-refractivity contribution in [2.75, 3.05) is 0 Å². The minimum Gasteiger partial charge on any atom is -0.305 e. The number of benzene rings is 4. The first-order chi connectivity index (χ1) is 26.9. The fraction of sp³-hybridized carbons (Fsp3) is 0.250. The molecule has 0 spiro atoms. The molecule has 0 saturated heterocycles. The van der Waals surface area contributed by atoms with Gasteiger partial charge in [0.1, 0.15) is 0 Å². The maximum absolute atomic E-state index is 4.76. The first-order valence-corrected chi connectivity index (χ1v) is 19.7. The number of hydrogen-bond donors (Lipinski definition) is 0. The van der Waals surface area contributed by atoms with Gasteiger partial charge in [-0.2, -0.15) is 0 Å². The molecule has 0 aliphatic heterocycles. The zero-order valence-electron chi connectivity index (χ0n) is 32.8. The Labute approximate surface area is 348 Å². The number of nitrogens with zero attached hydrogens (tertiary/aromatic N) is 3. The molecule has 3 aromatic heterocycles. The molecule has 3 nitrogen and oxygen atoms in total. The summed E-state index contributed by atoms with van der Waals surface area (Å²) in [5, 5.41) is 0. The molecule has 4 aromatic carbocycles. The molecule has 56 heavy (non-hydrogen) atoms. The van der Waals surface area contributed by atoms with Crippen LogP contribution in [0.2, 0.25) is 0 Å². The summed E-state index contributed by atoms with van der Waals surface area (Å²) < 4.78 is 0. The van der Waals surface area contributed by atoms with Crippen molar-refractivity contribution in [2.24, 2.45) is 5.41 Å². The molecule has 8 rings (SSSR count). The summed E-state index contributed by atoms with van der Waals surface area (Å²) in [7, 11) is 0. The molecular formula is C52H50IrN3. The molecule has 0 bridgehead atoms. The minimum absolute atomic E-state index is 0. The quantitative estimate of drug-likeness (QED) is 0.128. The van der Waals surface area contributed by atoms with Crippen LogP contribution in [-0.4, -0.2) is 15.0 Å². The fourth-order valence-electron chi connectivity index (χ4n) is 7.39. The van der Waals surface area contributed by atoms with E-state index in [9.17, 15) is 0 Å². The zero-order chi connectivity index (χ0) is 37.9. The summed E-state index contributed by atoms with van der Waals surface area (Å²) in [6.07, 6.45) is 15.0. The van der Waals surface area contributed by atoms with Gasteiger partial charge in [0.25, 0.3) is 0 Å². The van der Waals surface area contributed by atoms with E-state index < -0.39 is 0 Å². The number of pyridine rings is 3. The number of hydrogen-bond acceptors (Lipinski definition) is 3. The van der Waals surface area contributed by atoms with Crippen LogP contribution in [0.4, 0.5) is 0 Å². The van der Waals surface area contributed by atoms with Crippen molar-refractivity contribution in [3.63, 3.8) is 0 Å². The standard InChI is InChI=1S/C41H42N2.C11H8N.Ir/c1-30-7-16-36(17-8-30)40-20-15-32(29-43-40)10-12-34-26-33(27-38(28-34)35-21-23-41(2,3)24-22-35)11-9-31-13-18-37(19-14-31)39-6-4-5-25-42-39;1-2-6-10(7-3-1)11-8-4-5-9-12-11;/h4-8,13-16,18,20,25-29,35H,9-12,21-24H2,1-3H3;1-6,8-9H;/q-2;-1;+3. The number of aromatic nitrogens is 3. The van der Waals surface area contributed by atoms with E-state index in [0.717, 1.165) is 59.5 Å². The third-order valence-electron chi connectivity index (χ3n) is 10.8. The molecule has 282 valence electrons. The van der Waals surface area contributed by atoms with Crippen molar-refractivity contribution in [3.8, 4) is 33.8 Å². The SMILES string of the molecule is Cc1c[c-]c(-c2ccc(CCc3cc(CCc4c[c-]c(-c5ccccn5)cc4)cc(C4CCC(C)(C)CC4)c3)cn2)cc1.[Ir+3].[c-]1ccccc1-c1ccccn1. The van der Waals surface area contributed by atoms with Crippen molar-refractivity contribution in [1.82, 2.24) is 15.0 Å². The van der Waals surface area contributed by atoms with E-state index in [4.69, 9.17) is 4.98 Å². The largest absolute Gasteiger partial charge is 3.00 e. The van der Waals surface area contributed by atoms with Gasteiger partial charge in [0.15, 0.2) is 0 Å². The van der Waals surface area contributed by atoms with E-state index in [1.807, 2.05) is 79.1 Å². The smallest absolute Gasteiger partial charge is 0.305 e. The molecule has 0 atom stereocenters. The molecule has 4 heteroatoms. The van der Waals surface area contributed by atoms with Gasteiger partial charge < -0.3 is 15.0 Å². The fourth-order valence-corrected chi connectivity index (χ4v) is 7.39. The van der Waals surface area contributed by atoms with E-state index in [1.165, 1.54) is 53.5 Å². The summed E-state index contributed by atoms with van der Waals surface area (Å²) in [6.45, 7) is 6.95. The average molecular weight is 909 g/mol. The molecule has 0 radical (unpaired) electrons. The Kier molecular flexibility index (Phi) is 14.3. The van der Waals surface area contributed by atoms with Crippen LogP contribution >= 0.6 is 0 Å². The molecule has 0 N–H and O–H groups in total. The molecule has 1 aliphatic rings. The normalized spacial score (nSPS) is 13.6. The summed E-state index contributed by atoms with van der Waals surface area (Å²) in [4.78, 5) is 13.4. The first kappa shape index (κ1) is 40.6. The van der Waals surface area contributed by atoms with Crippen LogP contribution < -0.4 is 0 Å². The van der Waals surface area contributed by atoms with Crippen LogP contribution in [0.5, 0.6) is 0 Å². The Morgan fingerprint density at radius 3 is 1.66 bits per heavy atom. The Hall–Kier alpha value is -5.02. The second-order valence-electron chi connectivity index (χ2n) is 15.7. The summed E-state index contributed by atoms with van der Waals surface area (Å²) in [5.41, 5.74) is 14.8. The van der Waals surface area contributed by atoms with Gasteiger partial charge in [-0.1, -0.05) is 81.8 Å². The van der Waals surface area contributed by atoms with Gasteiger partial charge in [-0.15, -0.1) is 107 Å². The zero-order valence-corrected chi connectivity index (χ0v) is 35.2. The molecule has 0 unspecified atom stereocenters. The van der Waals surface area contributed by atoms with Gasteiger partial charge in [0.2, 0.25) is 0 Å². The van der Waals surface area contributed by atoms with Gasteiger partial charge in [-0.05, 0) is 108 Å². The van der Waals surface area contributed by atoms with Crippen molar-refractivity contribution < 1.29 is 20.1 Å². The van der Waals surface area contributed by atoms with Gasteiger partial charge in [-0.25, -0.2) is 0 Å². The molecule has 1 aliphatic carbocycles. The Morgan fingerprint density at radius 2 is 1.12 bits per heavy atom.